The van der Waals surface area contributed by atoms with Gasteiger partial charge in [0.1, 0.15) is 29.1 Å². The molecule has 0 saturated carbocycles. The predicted octanol–water partition coefficient (Wildman–Crippen LogP) is 4.82. The Bertz CT molecular complexity index is 1390. The number of halogens is 2. The number of hydrogen-bond acceptors (Lipinski definition) is 8. The number of rotatable bonds is 2. The van der Waals surface area contributed by atoms with Crippen LogP contribution in [0.3, 0.4) is 0 Å². The van der Waals surface area contributed by atoms with Gasteiger partial charge in [0.2, 0.25) is 0 Å². The lowest BCUT2D eigenvalue weighted by atomic mass is 9.76. The number of thioether (sulfide) groups is 1. The summed E-state index contributed by atoms with van der Waals surface area (Å²) in [4.78, 5) is 24.2. The van der Waals surface area contributed by atoms with Crippen LogP contribution in [0.5, 0.6) is 0 Å². The largest absolute Gasteiger partial charge is 0.382 e. The van der Waals surface area contributed by atoms with Crippen LogP contribution in [-0.2, 0) is 12.8 Å². The molecule has 4 aliphatic rings. The van der Waals surface area contributed by atoms with Crippen LogP contribution < -0.4 is 5.73 Å². The summed E-state index contributed by atoms with van der Waals surface area (Å²) < 4.78 is 13.7. The second-order valence-electron chi connectivity index (χ2n) is 9.56. The average molecular weight is 522 g/mol. The number of nitrogen functional groups attached to an aromatic ring is 1. The number of allylic oxidation sites excluding steroid dienone is 2. The van der Waals surface area contributed by atoms with Gasteiger partial charge in [-0.2, -0.15) is 0 Å². The zero-order valence-corrected chi connectivity index (χ0v) is 21.4. The Morgan fingerprint density at radius 3 is 2.83 bits per heavy atom. The molecule has 184 valence electrons. The van der Waals surface area contributed by atoms with Gasteiger partial charge in [0.05, 0.1) is 16.1 Å². The van der Waals surface area contributed by atoms with Crippen molar-refractivity contribution in [3.05, 3.63) is 81.8 Å². The van der Waals surface area contributed by atoms with Gasteiger partial charge >= 0.3 is 0 Å². The summed E-state index contributed by atoms with van der Waals surface area (Å²) >= 11 is 7.86. The third-order valence-corrected chi connectivity index (χ3v) is 8.91. The standard InChI is InChI=1S/C26H25ClFN7S/c1-34-21-3-2-20(36-19-4-8-30-24(29)23(19)27)25(34)31-9-5-22(33-21)35-10-6-26(7-11-35)13-16-12-17(28)15-32-18(16)14-26/h2-5,8-9,12,15H,6-7,10-11,13-14H2,1H3,(H2,29,30)/b9-5+,22-5?,31-9?,31-25-,33-21?,33-22+. The van der Waals surface area contributed by atoms with Crippen molar-refractivity contribution in [2.45, 2.75) is 30.6 Å². The molecule has 2 bridgehead atoms. The highest BCUT2D eigenvalue weighted by Crippen LogP contribution is 2.44. The van der Waals surface area contributed by atoms with E-state index in [0.717, 1.165) is 77.3 Å². The lowest BCUT2D eigenvalue weighted by molar-refractivity contribution is 0.158. The highest BCUT2D eigenvalue weighted by Gasteiger charge is 2.41. The lowest BCUT2D eigenvalue weighted by Crippen LogP contribution is -2.43. The molecule has 0 unspecified atom stereocenters. The van der Waals surface area contributed by atoms with Crippen LogP contribution >= 0.6 is 23.4 Å². The van der Waals surface area contributed by atoms with E-state index in [-0.39, 0.29) is 11.2 Å². The van der Waals surface area contributed by atoms with Crippen LogP contribution in [0.4, 0.5) is 10.2 Å². The van der Waals surface area contributed by atoms with Crippen molar-refractivity contribution in [3.63, 3.8) is 0 Å². The number of fused-ring (bicyclic) bond motifs is 3. The molecule has 7 nitrogen and oxygen atoms in total. The van der Waals surface area contributed by atoms with Gasteiger partial charge in [0, 0.05) is 43.1 Å². The Balaban J connectivity index is 1.19. The van der Waals surface area contributed by atoms with E-state index in [4.69, 9.17) is 27.3 Å². The van der Waals surface area contributed by atoms with Crippen molar-refractivity contribution in [1.29, 1.82) is 0 Å². The zero-order valence-electron chi connectivity index (χ0n) is 19.8. The summed E-state index contributed by atoms with van der Waals surface area (Å²) in [5, 5.41) is 0.442. The molecule has 1 spiro atoms. The van der Waals surface area contributed by atoms with Crippen LogP contribution in [0.1, 0.15) is 24.1 Å². The smallest absolute Gasteiger partial charge is 0.147 e. The Labute approximate surface area is 218 Å². The van der Waals surface area contributed by atoms with Gasteiger partial charge in [0.15, 0.2) is 0 Å². The van der Waals surface area contributed by atoms with Gasteiger partial charge in [-0.3, -0.25) is 4.98 Å². The molecule has 2 aromatic rings. The Hall–Kier alpha value is -3.17. The van der Waals surface area contributed by atoms with Crippen molar-refractivity contribution in [3.8, 4) is 0 Å². The van der Waals surface area contributed by atoms with Crippen LogP contribution in [0, 0.1) is 11.2 Å². The Morgan fingerprint density at radius 1 is 1.17 bits per heavy atom. The molecular weight excluding hydrogens is 497 g/mol. The molecule has 1 aliphatic carbocycles. The summed E-state index contributed by atoms with van der Waals surface area (Å²) in [6.45, 7) is 1.79. The maximum absolute atomic E-state index is 13.7. The van der Waals surface area contributed by atoms with E-state index in [1.54, 1.807) is 12.3 Å². The summed E-state index contributed by atoms with van der Waals surface area (Å²) in [6, 6.07) is 3.50. The van der Waals surface area contributed by atoms with Gasteiger partial charge in [-0.25, -0.2) is 19.4 Å². The van der Waals surface area contributed by atoms with Crippen molar-refractivity contribution < 1.29 is 4.39 Å². The van der Waals surface area contributed by atoms with Gasteiger partial charge in [-0.05, 0) is 67.0 Å². The monoisotopic (exact) mass is 521 g/mol. The van der Waals surface area contributed by atoms with Crippen molar-refractivity contribution in [1.82, 2.24) is 19.8 Å². The van der Waals surface area contributed by atoms with Crippen molar-refractivity contribution >= 4 is 40.9 Å². The van der Waals surface area contributed by atoms with E-state index < -0.39 is 0 Å². The van der Waals surface area contributed by atoms with Crippen LogP contribution in [0.2, 0.25) is 5.02 Å². The Morgan fingerprint density at radius 2 is 2.00 bits per heavy atom. The molecule has 0 radical (unpaired) electrons. The summed E-state index contributed by atoms with van der Waals surface area (Å²) in [5.74, 6) is 2.59. The Kier molecular flexibility index (Phi) is 5.84. The van der Waals surface area contributed by atoms with Crippen LogP contribution in [0.15, 0.2) is 74.6 Å². The molecule has 0 aromatic carbocycles. The molecular formula is C26H25ClFN7S. The van der Waals surface area contributed by atoms with E-state index >= 15 is 0 Å². The lowest BCUT2D eigenvalue weighted by Gasteiger charge is -2.40. The van der Waals surface area contributed by atoms with Crippen LogP contribution in [0.25, 0.3) is 0 Å². The highest BCUT2D eigenvalue weighted by molar-refractivity contribution is 8.04. The minimum absolute atomic E-state index is 0.171. The number of anilines is 1. The van der Waals surface area contributed by atoms with E-state index in [2.05, 4.69) is 14.9 Å². The van der Waals surface area contributed by atoms with Gasteiger partial charge in [-0.1, -0.05) is 23.4 Å². The van der Waals surface area contributed by atoms with E-state index in [0.29, 0.717) is 10.8 Å². The minimum Gasteiger partial charge on any atom is -0.382 e. The first-order valence-electron chi connectivity index (χ1n) is 11.9. The number of likely N-dealkylation sites (N-methyl/N-ethyl adjacent to an activating group) is 1. The molecule has 5 heterocycles. The highest BCUT2D eigenvalue weighted by atomic mass is 35.5. The number of likely N-dealkylation sites (tertiary alicyclic amines) is 1. The number of nitrogens with zero attached hydrogens (tertiary/aromatic N) is 6. The van der Waals surface area contributed by atoms with Crippen LogP contribution in [-0.4, -0.2) is 51.6 Å². The number of hydrogen-bond donors (Lipinski definition) is 1. The number of piperidine rings is 1. The maximum Gasteiger partial charge on any atom is 0.147 e. The van der Waals surface area contributed by atoms with Crippen molar-refractivity contribution in [2.24, 2.45) is 15.4 Å². The summed E-state index contributed by atoms with van der Waals surface area (Å²) in [6.07, 6.45) is 14.7. The molecule has 3 aliphatic heterocycles. The first-order chi connectivity index (χ1) is 17.4. The minimum atomic E-state index is -0.245. The fraction of sp³-hybridized carbons (Fsp3) is 0.308. The SMILES string of the molecule is CN1C2=CC=C(Sc3ccnc(N)c3Cl)/C1=N/C=C/C(N1CCC3(CC1)Cc1cc(F)cnc1C3)=N\2. The quantitative estimate of drug-likeness (QED) is 0.610. The molecule has 10 heteroatoms. The molecule has 2 aromatic heterocycles. The average Bonchev–Trinajstić information content (AvgIpc) is 3.21. The number of amidine groups is 2. The molecule has 6 rings (SSSR count). The van der Waals surface area contributed by atoms with Gasteiger partial charge < -0.3 is 15.5 Å². The predicted molar refractivity (Wildman–Crippen MR) is 142 cm³/mol. The van der Waals surface area contributed by atoms with E-state index in [1.165, 1.54) is 18.0 Å². The first kappa shape index (κ1) is 23.2. The summed E-state index contributed by atoms with van der Waals surface area (Å²) in [7, 11) is 1.97. The number of pyridine rings is 2. The normalized spacial score (nSPS) is 24.1. The number of aliphatic imine (C=N–C) groups is 2. The topological polar surface area (TPSA) is 83.0 Å². The molecule has 2 N–H and O–H groups in total. The fourth-order valence-electron chi connectivity index (χ4n) is 5.30. The first-order valence-corrected chi connectivity index (χ1v) is 13.1. The molecule has 1 fully saturated rings. The van der Waals surface area contributed by atoms with E-state index in [1.807, 2.05) is 42.4 Å². The van der Waals surface area contributed by atoms with Gasteiger partial charge in [-0.15, -0.1) is 0 Å². The number of nitrogens with two attached hydrogens (primary N) is 1. The van der Waals surface area contributed by atoms with Crippen molar-refractivity contribution in [2.75, 3.05) is 25.9 Å². The summed E-state index contributed by atoms with van der Waals surface area (Å²) in [5.41, 5.74) is 8.17. The molecule has 0 atom stereocenters. The van der Waals surface area contributed by atoms with E-state index in [9.17, 15) is 4.39 Å². The number of aromatic nitrogens is 2. The second-order valence-corrected chi connectivity index (χ2v) is 11.0. The maximum atomic E-state index is 13.7. The third-order valence-electron chi connectivity index (χ3n) is 7.30. The van der Waals surface area contributed by atoms with Gasteiger partial charge in [0.25, 0.3) is 0 Å². The zero-order chi connectivity index (χ0) is 24.9. The molecule has 0 amide bonds. The molecule has 1 saturated heterocycles. The second kappa shape index (κ2) is 9.05. The third kappa shape index (κ3) is 4.20. The molecule has 36 heavy (non-hydrogen) atoms. The fourth-order valence-corrected chi connectivity index (χ4v) is 6.51.